The number of hydrogen-bond donors (Lipinski definition) is 0. The number of rotatable bonds is 1. The lowest BCUT2D eigenvalue weighted by Gasteiger charge is -2.33. The zero-order valence-electron chi connectivity index (χ0n) is 10.3. The highest BCUT2D eigenvalue weighted by molar-refractivity contribution is 7.12. The van der Waals surface area contributed by atoms with E-state index in [2.05, 4.69) is 31.7 Å². The Kier molecular flexibility index (Phi) is 3.08. The van der Waals surface area contributed by atoms with Crippen molar-refractivity contribution in [2.24, 2.45) is 11.3 Å². The van der Waals surface area contributed by atoms with Gasteiger partial charge in [0.25, 0.3) is 0 Å². The van der Waals surface area contributed by atoms with Gasteiger partial charge in [0, 0.05) is 4.88 Å². The van der Waals surface area contributed by atoms with Crippen LogP contribution in [0.2, 0.25) is 0 Å². The van der Waals surface area contributed by atoms with Crippen molar-refractivity contribution in [2.75, 3.05) is 0 Å². The molecule has 0 spiro atoms. The summed E-state index contributed by atoms with van der Waals surface area (Å²) in [4.78, 5) is 6.28. The molecule has 0 saturated heterocycles. The summed E-state index contributed by atoms with van der Waals surface area (Å²) in [7, 11) is 0. The van der Waals surface area contributed by atoms with Crippen LogP contribution in [0, 0.1) is 17.9 Å². The zero-order valence-corrected chi connectivity index (χ0v) is 11.2. The van der Waals surface area contributed by atoms with Crippen LogP contribution in [0.3, 0.4) is 0 Å². The molecule has 1 unspecified atom stereocenters. The minimum Gasteiger partial charge on any atom is -0.311 e. The van der Waals surface area contributed by atoms with Crippen molar-refractivity contribution in [1.29, 1.82) is 0 Å². The molecule has 0 saturated carbocycles. The van der Waals surface area contributed by atoms with Crippen LogP contribution in [0.15, 0.2) is 6.07 Å². The molecule has 0 amide bonds. The molecule has 2 heteroatoms. The van der Waals surface area contributed by atoms with Gasteiger partial charge in [-0.1, -0.05) is 20.8 Å². The Morgan fingerprint density at radius 2 is 2.25 bits per heavy atom. The lowest BCUT2D eigenvalue weighted by Crippen LogP contribution is -2.26. The van der Waals surface area contributed by atoms with Crippen molar-refractivity contribution in [3.05, 3.63) is 32.8 Å². The zero-order chi connectivity index (χ0) is 11.8. The van der Waals surface area contributed by atoms with Crippen molar-refractivity contribution < 1.29 is 0 Å². The fourth-order valence-electron chi connectivity index (χ4n) is 2.48. The molecule has 0 fully saturated rings. The predicted molar refractivity (Wildman–Crippen MR) is 69.6 cm³/mol. The van der Waals surface area contributed by atoms with Gasteiger partial charge in [-0.2, -0.15) is 0 Å². The molecule has 1 aliphatic carbocycles. The number of aryl methyl sites for hydroxylation is 1. The highest BCUT2D eigenvalue weighted by Crippen LogP contribution is 2.40. The second kappa shape index (κ2) is 4.22. The highest BCUT2D eigenvalue weighted by atomic mass is 32.1. The molecular weight excluding hydrogens is 214 g/mol. The van der Waals surface area contributed by atoms with Gasteiger partial charge < -0.3 is 4.85 Å². The van der Waals surface area contributed by atoms with Gasteiger partial charge in [-0.3, -0.25) is 0 Å². The molecule has 0 aromatic carbocycles. The third-order valence-corrected chi connectivity index (χ3v) is 4.82. The molecule has 1 aliphatic rings. The lowest BCUT2D eigenvalue weighted by molar-refractivity contribution is 0.217. The SMILES string of the molecule is [C-]#[N+]Cc1cc2c(s1)CCC(C(C)(C)C)C2. The molecule has 16 heavy (non-hydrogen) atoms. The fraction of sp³-hybridized carbons (Fsp3) is 0.643. The smallest absolute Gasteiger partial charge is 0.248 e. The van der Waals surface area contributed by atoms with Crippen LogP contribution < -0.4 is 0 Å². The maximum Gasteiger partial charge on any atom is 0.248 e. The van der Waals surface area contributed by atoms with E-state index >= 15 is 0 Å². The second-order valence-electron chi connectivity index (χ2n) is 5.78. The summed E-state index contributed by atoms with van der Waals surface area (Å²) in [6, 6.07) is 2.27. The molecule has 1 nitrogen and oxygen atoms in total. The Morgan fingerprint density at radius 3 is 2.88 bits per heavy atom. The largest absolute Gasteiger partial charge is 0.311 e. The maximum atomic E-state index is 6.92. The van der Waals surface area contributed by atoms with Gasteiger partial charge in [-0.15, -0.1) is 11.3 Å². The summed E-state index contributed by atoms with van der Waals surface area (Å²) in [6.07, 6.45) is 3.75. The molecule has 0 bridgehead atoms. The molecule has 1 atom stereocenters. The summed E-state index contributed by atoms with van der Waals surface area (Å²) in [5, 5.41) is 0. The van der Waals surface area contributed by atoms with Gasteiger partial charge in [-0.05, 0) is 42.2 Å². The molecule has 0 radical (unpaired) electrons. The Morgan fingerprint density at radius 1 is 1.50 bits per heavy atom. The third-order valence-electron chi connectivity index (χ3n) is 3.59. The van der Waals surface area contributed by atoms with Gasteiger partial charge in [-0.25, -0.2) is 6.57 Å². The van der Waals surface area contributed by atoms with E-state index in [1.54, 1.807) is 4.88 Å². The third kappa shape index (κ3) is 2.30. The van der Waals surface area contributed by atoms with Crippen LogP contribution in [0.1, 0.15) is 42.5 Å². The van der Waals surface area contributed by atoms with E-state index in [1.165, 1.54) is 29.7 Å². The summed E-state index contributed by atoms with van der Waals surface area (Å²) in [5.74, 6) is 0.801. The van der Waals surface area contributed by atoms with Gasteiger partial charge >= 0.3 is 0 Å². The quantitative estimate of drug-likeness (QED) is 0.636. The van der Waals surface area contributed by atoms with Crippen LogP contribution in [0.25, 0.3) is 4.85 Å². The van der Waals surface area contributed by atoms with Crippen LogP contribution in [-0.2, 0) is 19.4 Å². The summed E-state index contributed by atoms with van der Waals surface area (Å²) >= 11 is 1.86. The summed E-state index contributed by atoms with van der Waals surface area (Å²) < 4.78 is 0. The van der Waals surface area contributed by atoms with Gasteiger partial charge in [0.15, 0.2) is 0 Å². The van der Waals surface area contributed by atoms with E-state index in [-0.39, 0.29) is 0 Å². The summed E-state index contributed by atoms with van der Waals surface area (Å²) in [6.45, 7) is 14.5. The Labute approximate surface area is 102 Å². The van der Waals surface area contributed by atoms with Crippen molar-refractivity contribution in [1.82, 2.24) is 0 Å². The van der Waals surface area contributed by atoms with E-state index in [0.29, 0.717) is 12.0 Å². The number of hydrogen-bond acceptors (Lipinski definition) is 1. The van der Waals surface area contributed by atoms with Crippen LogP contribution in [0.5, 0.6) is 0 Å². The molecule has 0 aliphatic heterocycles. The molecule has 1 heterocycles. The maximum absolute atomic E-state index is 6.92. The first-order valence-corrected chi connectivity index (χ1v) is 6.76. The Bertz CT molecular complexity index is 417. The minimum absolute atomic E-state index is 0.416. The molecule has 2 rings (SSSR count). The van der Waals surface area contributed by atoms with Gasteiger partial charge in [0.1, 0.15) is 0 Å². The molecule has 0 N–H and O–H groups in total. The minimum atomic E-state index is 0.416. The normalized spacial score (nSPS) is 20.2. The van der Waals surface area contributed by atoms with Crippen molar-refractivity contribution in [2.45, 2.75) is 46.6 Å². The van der Waals surface area contributed by atoms with Crippen LogP contribution >= 0.6 is 11.3 Å². The monoisotopic (exact) mass is 233 g/mol. The first kappa shape index (κ1) is 11.7. The number of thiophene rings is 1. The number of nitrogens with zero attached hydrogens (tertiary/aromatic N) is 1. The first-order chi connectivity index (χ1) is 7.50. The predicted octanol–water partition coefficient (Wildman–Crippen LogP) is 4.32. The van der Waals surface area contributed by atoms with E-state index in [0.717, 1.165) is 5.92 Å². The topological polar surface area (TPSA) is 4.36 Å². The summed E-state index contributed by atoms with van der Waals surface area (Å²) in [5.41, 5.74) is 1.94. The lowest BCUT2D eigenvalue weighted by atomic mass is 9.72. The average Bonchev–Trinajstić information content (AvgIpc) is 2.57. The first-order valence-electron chi connectivity index (χ1n) is 5.94. The molecular formula is C14H19NS. The van der Waals surface area contributed by atoms with Gasteiger partial charge in [0.05, 0.1) is 4.88 Å². The van der Waals surface area contributed by atoms with Crippen molar-refractivity contribution in [3.8, 4) is 0 Å². The van der Waals surface area contributed by atoms with Crippen LogP contribution in [-0.4, -0.2) is 0 Å². The van der Waals surface area contributed by atoms with Crippen molar-refractivity contribution >= 4 is 11.3 Å². The van der Waals surface area contributed by atoms with E-state index in [4.69, 9.17) is 6.57 Å². The van der Waals surface area contributed by atoms with Crippen LogP contribution in [0.4, 0.5) is 0 Å². The van der Waals surface area contributed by atoms with E-state index in [1.807, 2.05) is 11.3 Å². The van der Waals surface area contributed by atoms with Crippen molar-refractivity contribution in [3.63, 3.8) is 0 Å². The highest BCUT2D eigenvalue weighted by Gasteiger charge is 2.29. The Balaban J connectivity index is 2.18. The van der Waals surface area contributed by atoms with E-state index in [9.17, 15) is 0 Å². The standard InChI is InChI=1S/C14H19NS/c1-14(2,3)11-5-6-13-10(7-11)8-12(16-13)9-15-4/h8,11H,5-7,9H2,1-3H3. The van der Waals surface area contributed by atoms with Gasteiger partial charge in [0.2, 0.25) is 6.54 Å². The molecule has 1 aromatic heterocycles. The second-order valence-corrected chi connectivity index (χ2v) is 7.00. The fourth-order valence-corrected chi connectivity index (χ4v) is 3.62. The molecule has 1 aromatic rings. The number of fused-ring (bicyclic) bond motifs is 1. The average molecular weight is 233 g/mol. The Hall–Kier alpha value is -0.810. The van der Waals surface area contributed by atoms with E-state index < -0.39 is 0 Å². The molecule has 86 valence electrons.